The van der Waals surface area contributed by atoms with Gasteiger partial charge in [-0.15, -0.1) is 0 Å². The smallest absolute Gasteiger partial charge is 0.00695 e. The molecule has 0 aliphatic heterocycles. The summed E-state index contributed by atoms with van der Waals surface area (Å²) in [5, 5.41) is 3.47. The van der Waals surface area contributed by atoms with Crippen LogP contribution in [0.25, 0.3) is 0 Å². The molecule has 54 valence electrons. The van der Waals surface area contributed by atoms with E-state index in [0.717, 1.165) is 18.5 Å². The summed E-state index contributed by atoms with van der Waals surface area (Å²) in [6, 6.07) is 0.838. The van der Waals surface area contributed by atoms with Crippen LogP contribution in [0.5, 0.6) is 0 Å². The van der Waals surface area contributed by atoms with E-state index in [-0.39, 0.29) is 0 Å². The van der Waals surface area contributed by atoms with Gasteiger partial charge in [-0.25, -0.2) is 0 Å². The van der Waals surface area contributed by atoms with Crippen molar-refractivity contribution < 1.29 is 0 Å². The average Bonchev–Trinajstić information content (AvgIpc) is 2.17. The standard InChI is InChI=1S/C8H17N/c1-3-9-8-5-4-7(2)6-8/h7-9H,3-6H2,1-2H3/t7-,8-/m1/s1. The summed E-state index contributed by atoms with van der Waals surface area (Å²) < 4.78 is 0. The Kier molecular flexibility index (Phi) is 2.52. The summed E-state index contributed by atoms with van der Waals surface area (Å²) in [4.78, 5) is 0. The first-order chi connectivity index (χ1) is 4.33. The molecule has 9 heavy (non-hydrogen) atoms. The van der Waals surface area contributed by atoms with Crippen molar-refractivity contribution in [3.05, 3.63) is 0 Å². The van der Waals surface area contributed by atoms with Crippen molar-refractivity contribution in [2.45, 2.75) is 39.2 Å². The lowest BCUT2D eigenvalue weighted by Gasteiger charge is -2.08. The fraction of sp³-hybridized carbons (Fsp3) is 1.00. The van der Waals surface area contributed by atoms with Crippen LogP contribution in [0.3, 0.4) is 0 Å². The minimum atomic E-state index is 0.838. The van der Waals surface area contributed by atoms with Crippen molar-refractivity contribution in [3.8, 4) is 0 Å². The Hall–Kier alpha value is -0.0400. The van der Waals surface area contributed by atoms with Gasteiger partial charge in [0.25, 0.3) is 0 Å². The maximum atomic E-state index is 3.47. The maximum Gasteiger partial charge on any atom is 0.00695 e. The van der Waals surface area contributed by atoms with E-state index in [1.807, 2.05) is 0 Å². The molecule has 0 spiro atoms. The van der Waals surface area contributed by atoms with Gasteiger partial charge in [0.1, 0.15) is 0 Å². The van der Waals surface area contributed by atoms with E-state index >= 15 is 0 Å². The quantitative estimate of drug-likeness (QED) is 0.596. The highest BCUT2D eigenvalue weighted by atomic mass is 14.9. The van der Waals surface area contributed by atoms with Gasteiger partial charge < -0.3 is 5.32 Å². The minimum Gasteiger partial charge on any atom is -0.314 e. The van der Waals surface area contributed by atoms with Gasteiger partial charge in [0.15, 0.2) is 0 Å². The summed E-state index contributed by atoms with van der Waals surface area (Å²) in [6.07, 6.45) is 4.22. The zero-order valence-corrected chi connectivity index (χ0v) is 6.48. The third kappa shape index (κ3) is 1.98. The van der Waals surface area contributed by atoms with Crippen LogP contribution in [0.15, 0.2) is 0 Å². The molecule has 0 unspecified atom stereocenters. The predicted octanol–water partition coefficient (Wildman–Crippen LogP) is 1.78. The molecule has 0 bridgehead atoms. The second-order valence-electron chi connectivity index (χ2n) is 3.17. The van der Waals surface area contributed by atoms with Crippen LogP contribution in [0.1, 0.15) is 33.1 Å². The highest BCUT2D eigenvalue weighted by molar-refractivity contribution is 4.77. The van der Waals surface area contributed by atoms with Crippen LogP contribution in [0, 0.1) is 5.92 Å². The summed E-state index contributed by atoms with van der Waals surface area (Å²) in [5.74, 6) is 0.967. The molecule has 2 atom stereocenters. The minimum absolute atomic E-state index is 0.838. The van der Waals surface area contributed by atoms with Crippen LogP contribution in [-0.4, -0.2) is 12.6 Å². The molecule has 1 N–H and O–H groups in total. The topological polar surface area (TPSA) is 12.0 Å². The Bertz CT molecular complexity index is 78.6. The first kappa shape index (κ1) is 7.07. The molecule has 1 saturated carbocycles. The van der Waals surface area contributed by atoms with Gasteiger partial charge in [-0.3, -0.25) is 0 Å². The fourth-order valence-electron chi connectivity index (χ4n) is 1.68. The predicted molar refractivity (Wildman–Crippen MR) is 40.5 cm³/mol. The van der Waals surface area contributed by atoms with Crippen molar-refractivity contribution >= 4 is 0 Å². The zero-order valence-electron chi connectivity index (χ0n) is 6.48. The molecule has 1 fully saturated rings. The third-order valence-electron chi connectivity index (χ3n) is 2.19. The van der Waals surface area contributed by atoms with Crippen LogP contribution in [0.4, 0.5) is 0 Å². The van der Waals surface area contributed by atoms with Gasteiger partial charge in [0, 0.05) is 6.04 Å². The van der Waals surface area contributed by atoms with Gasteiger partial charge in [-0.2, -0.15) is 0 Å². The molecule has 0 radical (unpaired) electrons. The molecule has 1 aliphatic carbocycles. The van der Waals surface area contributed by atoms with Crippen LogP contribution < -0.4 is 5.32 Å². The van der Waals surface area contributed by atoms with Crippen LogP contribution >= 0.6 is 0 Å². The molecule has 1 aliphatic rings. The average molecular weight is 127 g/mol. The van der Waals surface area contributed by atoms with Crippen molar-refractivity contribution in [2.24, 2.45) is 5.92 Å². The molecule has 0 amide bonds. The van der Waals surface area contributed by atoms with Gasteiger partial charge in [-0.1, -0.05) is 13.8 Å². The van der Waals surface area contributed by atoms with Crippen molar-refractivity contribution in [3.63, 3.8) is 0 Å². The molecule has 0 aromatic heterocycles. The summed E-state index contributed by atoms with van der Waals surface area (Å²) in [6.45, 7) is 5.66. The summed E-state index contributed by atoms with van der Waals surface area (Å²) >= 11 is 0. The van der Waals surface area contributed by atoms with E-state index in [4.69, 9.17) is 0 Å². The van der Waals surface area contributed by atoms with E-state index < -0.39 is 0 Å². The van der Waals surface area contributed by atoms with E-state index in [0.29, 0.717) is 0 Å². The number of hydrogen-bond donors (Lipinski definition) is 1. The van der Waals surface area contributed by atoms with E-state index in [1.54, 1.807) is 0 Å². The monoisotopic (exact) mass is 127 g/mol. The highest BCUT2D eigenvalue weighted by Crippen LogP contribution is 2.24. The lowest BCUT2D eigenvalue weighted by atomic mass is 10.1. The SMILES string of the molecule is CCN[C@@H]1CC[C@@H](C)C1. The molecule has 1 rings (SSSR count). The summed E-state index contributed by atoms with van der Waals surface area (Å²) in [7, 11) is 0. The number of rotatable bonds is 2. The Morgan fingerprint density at radius 2 is 2.22 bits per heavy atom. The highest BCUT2D eigenvalue weighted by Gasteiger charge is 2.19. The first-order valence-electron chi connectivity index (χ1n) is 4.06. The second kappa shape index (κ2) is 3.21. The van der Waals surface area contributed by atoms with E-state index in [2.05, 4.69) is 19.2 Å². The van der Waals surface area contributed by atoms with Crippen molar-refractivity contribution in [1.29, 1.82) is 0 Å². The second-order valence-corrected chi connectivity index (χ2v) is 3.17. The number of hydrogen-bond acceptors (Lipinski definition) is 1. The number of nitrogens with one attached hydrogen (secondary N) is 1. The Morgan fingerprint density at radius 3 is 2.67 bits per heavy atom. The van der Waals surface area contributed by atoms with Crippen molar-refractivity contribution in [1.82, 2.24) is 5.32 Å². The lowest BCUT2D eigenvalue weighted by Crippen LogP contribution is -2.25. The largest absolute Gasteiger partial charge is 0.314 e. The van der Waals surface area contributed by atoms with E-state index in [1.165, 1.54) is 19.3 Å². The van der Waals surface area contributed by atoms with Crippen molar-refractivity contribution in [2.75, 3.05) is 6.54 Å². The van der Waals surface area contributed by atoms with Gasteiger partial charge in [0.05, 0.1) is 0 Å². The van der Waals surface area contributed by atoms with Crippen LogP contribution in [0.2, 0.25) is 0 Å². The molecule has 0 aromatic rings. The Balaban J connectivity index is 2.14. The van der Waals surface area contributed by atoms with Gasteiger partial charge >= 0.3 is 0 Å². The molecule has 0 heterocycles. The Labute approximate surface area is 57.8 Å². The molecule has 0 saturated heterocycles. The molecule has 0 aromatic carbocycles. The van der Waals surface area contributed by atoms with E-state index in [9.17, 15) is 0 Å². The van der Waals surface area contributed by atoms with Gasteiger partial charge in [-0.05, 0) is 31.7 Å². The Morgan fingerprint density at radius 1 is 1.44 bits per heavy atom. The molecule has 1 nitrogen and oxygen atoms in total. The first-order valence-corrected chi connectivity index (χ1v) is 4.06. The maximum absolute atomic E-state index is 3.47. The van der Waals surface area contributed by atoms with Crippen LogP contribution in [-0.2, 0) is 0 Å². The fourth-order valence-corrected chi connectivity index (χ4v) is 1.68. The third-order valence-corrected chi connectivity index (χ3v) is 2.19. The normalized spacial score (nSPS) is 35.3. The molecular formula is C8H17N. The zero-order chi connectivity index (χ0) is 6.69. The molecular weight excluding hydrogens is 110 g/mol. The van der Waals surface area contributed by atoms with Gasteiger partial charge in [0.2, 0.25) is 0 Å². The summed E-state index contributed by atoms with van der Waals surface area (Å²) in [5.41, 5.74) is 0. The molecule has 1 heteroatoms. The lowest BCUT2D eigenvalue weighted by molar-refractivity contribution is 0.517.